The highest BCUT2D eigenvalue weighted by molar-refractivity contribution is 6.06. The van der Waals surface area contributed by atoms with Crippen molar-refractivity contribution in [2.45, 2.75) is 20.1 Å². The van der Waals surface area contributed by atoms with E-state index in [1.165, 1.54) is 61.5 Å². The Kier molecular flexibility index (Phi) is 7.25. The molecule has 0 unspecified atom stereocenters. The fourth-order valence-corrected chi connectivity index (χ4v) is 3.16. The first kappa shape index (κ1) is 24.6. The zero-order valence-electron chi connectivity index (χ0n) is 18.4. The molecule has 0 aromatic heterocycles. The van der Waals surface area contributed by atoms with Gasteiger partial charge in [0.25, 0.3) is 11.4 Å². The smallest absolute Gasteiger partial charge is 0.339 e. The van der Waals surface area contributed by atoms with E-state index in [2.05, 4.69) is 0 Å². The largest absolute Gasteiger partial charge is 0.457 e. The number of rotatable bonds is 8. The van der Waals surface area contributed by atoms with Crippen LogP contribution in [-0.2, 0) is 22.7 Å². The lowest BCUT2D eigenvalue weighted by atomic mass is 9.98. The molecule has 0 bridgehead atoms. The molecule has 3 aromatic carbocycles. The number of esters is 2. The maximum absolute atomic E-state index is 12.9. The highest BCUT2D eigenvalue weighted by atomic mass is 16.6. The maximum atomic E-state index is 12.9. The van der Waals surface area contributed by atoms with Gasteiger partial charge in [-0.15, -0.1) is 0 Å². The molecular formula is C23H20N4O8. The predicted molar refractivity (Wildman–Crippen MR) is 124 cm³/mol. The van der Waals surface area contributed by atoms with E-state index in [4.69, 9.17) is 20.9 Å². The molecule has 0 aliphatic rings. The summed E-state index contributed by atoms with van der Waals surface area (Å²) >= 11 is 0. The van der Waals surface area contributed by atoms with Crippen LogP contribution >= 0.6 is 0 Å². The van der Waals surface area contributed by atoms with Crippen LogP contribution in [0.5, 0.6) is 0 Å². The van der Waals surface area contributed by atoms with Crippen LogP contribution in [0.1, 0.15) is 37.4 Å². The number of non-ortho nitro benzene ring substituents is 2. The minimum Gasteiger partial charge on any atom is -0.457 e. The summed E-state index contributed by atoms with van der Waals surface area (Å²) in [6.45, 7) is 1.08. The van der Waals surface area contributed by atoms with Gasteiger partial charge in [0.05, 0.1) is 32.3 Å². The Morgan fingerprint density at radius 3 is 1.66 bits per heavy atom. The topological polar surface area (TPSA) is 191 Å². The number of hydrogen-bond acceptors (Lipinski definition) is 10. The summed E-state index contributed by atoms with van der Waals surface area (Å²) in [4.78, 5) is 46.1. The number of nitrogens with zero attached hydrogens (tertiary/aromatic N) is 2. The second kappa shape index (κ2) is 10.3. The summed E-state index contributed by atoms with van der Waals surface area (Å²) in [5.74, 6) is -1.74. The number of nitro groups is 2. The minimum atomic E-state index is -0.875. The van der Waals surface area contributed by atoms with Gasteiger partial charge in [-0.05, 0) is 53.9 Å². The van der Waals surface area contributed by atoms with Gasteiger partial charge in [-0.2, -0.15) is 0 Å². The standard InChI is InChI=1S/C23H20N4O8/c1-13-20(23(29)35-12-15-4-8-17(9-5-15)27(32)33)18(10-19(24)21(13)25)22(28)34-11-14-2-6-16(7-3-14)26(30)31/h2-10H,11-12,24-25H2,1H3. The van der Waals surface area contributed by atoms with Gasteiger partial charge >= 0.3 is 11.9 Å². The Hall–Kier alpha value is -5.00. The molecule has 180 valence electrons. The van der Waals surface area contributed by atoms with Gasteiger partial charge in [-0.1, -0.05) is 0 Å². The molecule has 0 saturated heterocycles. The molecule has 0 amide bonds. The molecule has 0 spiro atoms. The minimum absolute atomic E-state index is 0.0664. The third-order valence-corrected chi connectivity index (χ3v) is 5.12. The van der Waals surface area contributed by atoms with E-state index in [9.17, 15) is 29.8 Å². The van der Waals surface area contributed by atoms with Crippen molar-refractivity contribution in [3.63, 3.8) is 0 Å². The molecule has 35 heavy (non-hydrogen) atoms. The van der Waals surface area contributed by atoms with Gasteiger partial charge in [-0.25, -0.2) is 9.59 Å². The number of carbonyl (C=O) groups is 2. The molecule has 12 heteroatoms. The van der Waals surface area contributed by atoms with E-state index in [-0.39, 0.29) is 52.7 Å². The lowest BCUT2D eigenvalue weighted by molar-refractivity contribution is -0.385. The van der Waals surface area contributed by atoms with Crippen LogP contribution in [0.3, 0.4) is 0 Å². The van der Waals surface area contributed by atoms with Crippen LogP contribution in [0.4, 0.5) is 22.7 Å². The Morgan fingerprint density at radius 2 is 1.23 bits per heavy atom. The molecule has 3 aromatic rings. The van der Waals surface area contributed by atoms with Gasteiger partial charge in [0, 0.05) is 24.3 Å². The number of hydrogen-bond donors (Lipinski definition) is 2. The van der Waals surface area contributed by atoms with Gasteiger partial charge in [0.1, 0.15) is 13.2 Å². The van der Waals surface area contributed by atoms with Crippen molar-refractivity contribution in [2.24, 2.45) is 0 Å². The summed E-state index contributed by atoms with van der Waals surface area (Å²) in [5, 5.41) is 21.5. The molecule has 0 aliphatic carbocycles. The lowest BCUT2D eigenvalue weighted by Crippen LogP contribution is -2.18. The molecule has 0 atom stereocenters. The zero-order valence-corrected chi connectivity index (χ0v) is 18.4. The van der Waals surface area contributed by atoms with E-state index >= 15 is 0 Å². The van der Waals surface area contributed by atoms with E-state index in [1.807, 2.05) is 0 Å². The molecule has 0 saturated carbocycles. The van der Waals surface area contributed by atoms with Crippen LogP contribution in [-0.4, -0.2) is 21.8 Å². The molecule has 0 radical (unpaired) electrons. The first-order valence-corrected chi connectivity index (χ1v) is 10.1. The average Bonchev–Trinajstić information content (AvgIpc) is 2.84. The van der Waals surface area contributed by atoms with Crippen molar-refractivity contribution in [2.75, 3.05) is 11.5 Å². The van der Waals surface area contributed by atoms with E-state index in [1.54, 1.807) is 0 Å². The van der Waals surface area contributed by atoms with Crippen molar-refractivity contribution in [1.29, 1.82) is 0 Å². The number of carbonyl (C=O) groups excluding carboxylic acids is 2. The van der Waals surface area contributed by atoms with Crippen LogP contribution in [0.2, 0.25) is 0 Å². The Balaban J connectivity index is 1.78. The summed E-state index contributed by atoms with van der Waals surface area (Å²) < 4.78 is 10.6. The maximum Gasteiger partial charge on any atom is 0.339 e. The lowest BCUT2D eigenvalue weighted by Gasteiger charge is -2.15. The van der Waals surface area contributed by atoms with Crippen LogP contribution in [0.25, 0.3) is 0 Å². The number of nitrogen functional groups attached to an aromatic ring is 2. The monoisotopic (exact) mass is 480 g/mol. The molecule has 0 aliphatic heterocycles. The van der Waals surface area contributed by atoms with Crippen LogP contribution < -0.4 is 11.5 Å². The molecule has 12 nitrogen and oxygen atoms in total. The predicted octanol–water partition coefficient (Wildman–Crippen LogP) is 3.69. The molecule has 0 fully saturated rings. The number of ether oxygens (including phenoxy) is 2. The van der Waals surface area contributed by atoms with Crippen molar-refractivity contribution in [3.05, 3.63) is 103 Å². The number of nitrogens with two attached hydrogens (primary N) is 2. The van der Waals surface area contributed by atoms with E-state index in [0.717, 1.165) is 0 Å². The van der Waals surface area contributed by atoms with E-state index < -0.39 is 21.8 Å². The van der Waals surface area contributed by atoms with Gasteiger partial charge in [0.2, 0.25) is 0 Å². The van der Waals surface area contributed by atoms with Gasteiger partial charge < -0.3 is 20.9 Å². The summed E-state index contributed by atoms with van der Waals surface area (Å²) in [7, 11) is 0. The highest BCUT2D eigenvalue weighted by Crippen LogP contribution is 2.29. The van der Waals surface area contributed by atoms with E-state index in [0.29, 0.717) is 11.1 Å². The Labute approximate surface area is 198 Å². The molecule has 4 N–H and O–H groups in total. The van der Waals surface area contributed by atoms with Crippen molar-refractivity contribution in [1.82, 2.24) is 0 Å². The summed E-state index contributed by atoms with van der Waals surface area (Å²) in [6, 6.07) is 12.1. The summed E-state index contributed by atoms with van der Waals surface area (Å²) in [6.07, 6.45) is 0. The van der Waals surface area contributed by atoms with Crippen molar-refractivity contribution in [3.8, 4) is 0 Å². The SMILES string of the molecule is Cc1c(N)c(N)cc(C(=O)OCc2ccc([N+](=O)[O-])cc2)c1C(=O)OCc1ccc([N+](=O)[O-])cc1. The second-order valence-electron chi connectivity index (χ2n) is 7.43. The first-order chi connectivity index (χ1) is 16.6. The average molecular weight is 480 g/mol. The summed E-state index contributed by atoms with van der Waals surface area (Å²) in [5.41, 5.74) is 12.7. The van der Waals surface area contributed by atoms with Crippen molar-refractivity contribution < 1.29 is 28.9 Å². The molecular weight excluding hydrogens is 460 g/mol. The van der Waals surface area contributed by atoms with Crippen molar-refractivity contribution >= 4 is 34.7 Å². The number of anilines is 2. The van der Waals surface area contributed by atoms with Crippen LogP contribution in [0, 0.1) is 27.2 Å². The third-order valence-electron chi connectivity index (χ3n) is 5.12. The van der Waals surface area contributed by atoms with Crippen LogP contribution in [0.15, 0.2) is 54.6 Å². The fourth-order valence-electron chi connectivity index (χ4n) is 3.16. The molecule has 0 heterocycles. The quantitative estimate of drug-likeness (QED) is 0.208. The second-order valence-corrected chi connectivity index (χ2v) is 7.43. The first-order valence-electron chi connectivity index (χ1n) is 10.1. The number of nitro benzene ring substituents is 2. The Bertz CT molecular complexity index is 1300. The molecule has 3 rings (SSSR count). The fraction of sp³-hybridized carbons (Fsp3) is 0.130. The normalized spacial score (nSPS) is 10.4. The highest BCUT2D eigenvalue weighted by Gasteiger charge is 2.25. The number of benzene rings is 3. The third kappa shape index (κ3) is 5.68. The zero-order chi connectivity index (χ0) is 25.7. The van der Waals surface area contributed by atoms with Gasteiger partial charge in [0.15, 0.2) is 0 Å². The van der Waals surface area contributed by atoms with Gasteiger partial charge in [-0.3, -0.25) is 20.2 Å². The Morgan fingerprint density at radius 1 is 0.800 bits per heavy atom.